The smallest absolute Gasteiger partial charge is 0.0955 e. The van der Waals surface area contributed by atoms with Crippen LogP contribution in [0.3, 0.4) is 0 Å². The Kier molecular flexibility index (Phi) is 3.80. The van der Waals surface area contributed by atoms with E-state index in [-0.39, 0.29) is 0 Å². The quantitative estimate of drug-likeness (QED) is 0.340. The van der Waals surface area contributed by atoms with E-state index in [4.69, 9.17) is 7.85 Å². The molecule has 0 bridgehead atoms. The number of benzene rings is 5. The molecular weight excluding hydrogens is 323 g/mol. The van der Waals surface area contributed by atoms with Crippen molar-refractivity contribution in [2.45, 2.75) is 0 Å². The van der Waals surface area contributed by atoms with E-state index in [9.17, 15) is 0 Å². The monoisotopic (exact) mass is 340 g/mol. The second kappa shape index (κ2) is 6.44. The van der Waals surface area contributed by atoms with Crippen molar-refractivity contribution >= 4 is 34.9 Å². The van der Waals surface area contributed by atoms with E-state index in [1.54, 1.807) is 0 Å². The first-order valence-corrected chi connectivity index (χ1v) is 9.16. The Bertz CT molecular complexity index is 1180. The lowest BCUT2D eigenvalue weighted by Crippen LogP contribution is -2.03. The van der Waals surface area contributed by atoms with E-state index < -0.39 is 0 Å². The summed E-state index contributed by atoms with van der Waals surface area (Å²) in [6, 6.07) is 36.2. The van der Waals surface area contributed by atoms with Crippen molar-refractivity contribution < 1.29 is 0 Å². The highest BCUT2D eigenvalue weighted by atomic mass is 14.1. The summed E-state index contributed by atoms with van der Waals surface area (Å²) >= 11 is 0. The molecule has 0 aliphatic rings. The first-order valence-electron chi connectivity index (χ1n) is 9.16. The van der Waals surface area contributed by atoms with E-state index >= 15 is 0 Å². The predicted molar refractivity (Wildman–Crippen MR) is 118 cm³/mol. The molecule has 0 heterocycles. The van der Waals surface area contributed by atoms with Crippen LogP contribution in [0.15, 0.2) is 103 Å². The van der Waals surface area contributed by atoms with Crippen LogP contribution in [0.4, 0.5) is 0 Å². The molecule has 0 nitrogen and oxygen atoms in total. The van der Waals surface area contributed by atoms with Gasteiger partial charge in [0.1, 0.15) is 7.85 Å². The maximum atomic E-state index is 6.32. The zero-order valence-electron chi connectivity index (χ0n) is 14.9. The summed E-state index contributed by atoms with van der Waals surface area (Å²) in [6.07, 6.45) is 0. The normalized spacial score (nSPS) is 11.1. The first kappa shape index (κ1) is 15.9. The van der Waals surface area contributed by atoms with E-state index in [0.717, 1.165) is 16.6 Å². The molecule has 0 N–H and O–H groups in total. The van der Waals surface area contributed by atoms with Crippen LogP contribution in [0, 0.1) is 0 Å². The Morgan fingerprint density at radius 2 is 0.889 bits per heavy atom. The summed E-state index contributed by atoms with van der Waals surface area (Å²) < 4.78 is 0. The van der Waals surface area contributed by atoms with Gasteiger partial charge in [0.25, 0.3) is 0 Å². The molecule has 1 heteroatoms. The third-order valence-electron chi connectivity index (χ3n) is 5.16. The standard InChI is InChI=1S/C26H17B/c27-22-16-20(25-13-5-9-18-7-1-3-11-23(18)25)15-21(17-22)26-14-6-10-19-8-2-4-12-24(19)26/h1-17H. The molecule has 27 heavy (non-hydrogen) atoms. The van der Waals surface area contributed by atoms with Crippen LogP contribution in [0.1, 0.15) is 0 Å². The molecule has 0 fully saturated rings. The van der Waals surface area contributed by atoms with Gasteiger partial charge in [0, 0.05) is 0 Å². The summed E-state index contributed by atoms with van der Waals surface area (Å²) in [4.78, 5) is 0. The Morgan fingerprint density at radius 3 is 1.41 bits per heavy atom. The molecule has 0 unspecified atom stereocenters. The number of fused-ring (bicyclic) bond motifs is 2. The van der Waals surface area contributed by atoms with Gasteiger partial charge in [0.15, 0.2) is 0 Å². The molecule has 124 valence electrons. The van der Waals surface area contributed by atoms with Crippen LogP contribution in [-0.4, -0.2) is 7.85 Å². The SMILES string of the molecule is [B]c1cc(-c2cccc3ccccc23)cc(-c2cccc3ccccc23)c1. The second-order valence-electron chi connectivity index (χ2n) is 6.90. The largest absolute Gasteiger partial charge is 0.113 e. The fourth-order valence-corrected chi connectivity index (χ4v) is 3.92. The molecule has 0 spiro atoms. The van der Waals surface area contributed by atoms with Crippen molar-refractivity contribution in [1.29, 1.82) is 0 Å². The number of hydrogen-bond acceptors (Lipinski definition) is 0. The zero-order chi connectivity index (χ0) is 18.2. The third-order valence-corrected chi connectivity index (χ3v) is 5.16. The summed E-state index contributed by atoms with van der Waals surface area (Å²) in [5.41, 5.74) is 5.50. The fraction of sp³-hybridized carbons (Fsp3) is 0. The van der Waals surface area contributed by atoms with Crippen molar-refractivity contribution in [3.63, 3.8) is 0 Å². The van der Waals surface area contributed by atoms with Crippen LogP contribution in [0.5, 0.6) is 0 Å². The molecule has 5 aromatic carbocycles. The molecule has 0 saturated heterocycles. The van der Waals surface area contributed by atoms with Crippen molar-refractivity contribution in [1.82, 2.24) is 0 Å². The van der Waals surface area contributed by atoms with Gasteiger partial charge in [-0.15, -0.1) is 0 Å². The van der Waals surface area contributed by atoms with Gasteiger partial charge in [-0.2, -0.15) is 0 Å². The maximum Gasteiger partial charge on any atom is 0.113 e. The summed E-state index contributed by atoms with van der Waals surface area (Å²) in [7, 11) is 6.32. The van der Waals surface area contributed by atoms with Gasteiger partial charge in [0.05, 0.1) is 0 Å². The van der Waals surface area contributed by atoms with E-state index in [2.05, 4.69) is 103 Å². The molecule has 0 aliphatic carbocycles. The van der Waals surface area contributed by atoms with Crippen LogP contribution in [0.2, 0.25) is 0 Å². The highest BCUT2D eigenvalue weighted by Crippen LogP contribution is 2.33. The molecule has 0 aliphatic heterocycles. The first-order chi connectivity index (χ1) is 13.3. The van der Waals surface area contributed by atoms with Crippen LogP contribution in [0.25, 0.3) is 43.8 Å². The Hall–Kier alpha value is -3.32. The molecule has 0 amide bonds. The van der Waals surface area contributed by atoms with Gasteiger partial charge in [-0.25, -0.2) is 0 Å². The van der Waals surface area contributed by atoms with E-state index in [1.165, 1.54) is 32.7 Å². The molecule has 0 aromatic heterocycles. The summed E-state index contributed by atoms with van der Waals surface area (Å²) in [5.74, 6) is 0. The highest BCUT2D eigenvalue weighted by molar-refractivity contribution is 6.33. The van der Waals surface area contributed by atoms with Gasteiger partial charge < -0.3 is 0 Å². The van der Waals surface area contributed by atoms with Gasteiger partial charge in [-0.1, -0.05) is 103 Å². The maximum absolute atomic E-state index is 6.32. The lowest BCUT2D eigenvalue weighted by atomic mass is 9.86. The van der Waals surface area contributed by atoms with Crippen molar-refractivity contribution in [2.24, 2.45) is 0 Å². The average molecular weight is 340 g/mol. The van der Waals surface area contributed by atoms with E-state index in [0.29, 0.717) is 0 Å². The van der Waals surface area contributed by atoms with Gasteiger partial charge in [0.2, 0.25) is 0 Å². The van der Waals surface area contributed by atoms with Crippen LogP contribution in [-0.2, 0) is 0 Å². The second-order valence-corrected chi connectivity index (χ2v) is 6.90. The number of hydrogen-bond donors (Lipinski definition) is 0. The topological polar surface area (TPSA) is 0 Å². The lowest BCUT2D eigenvalue weighted by molar-refractivity contribution is 1.64. The minimum absolute atomic E-state index is 0.781. The van der Waals surface area contributed by atoms with Gasteiger partial charge in [-0.3, -0.25) is 0 Å². The molecule has 5 rings (SSSR count). The molecule has 2 radical (unpaired) electrons. The van der Waals surface area contributed by atoms with Crippen LogP contribution >= 0.6 is 0 Å². The summed E-state index contributed by atoms with van der Waals surface area (Å²) in [6.45, 7) is 0. The minimum atomic E-state index is 0.781. The van der Waals surface area contributed by atoms with Crippen molar-refractivity contribution in [3.05, 3.63) is 103 Å². The summed E-state index contributed by atoms with van der Waals surface area (Å²) in [5, 5.41) is 4.97. The number of rotatable bonds is 2. The molecule has 0 saturated carbocycles. The van der Waals surface area contributed by atoms with Gasteiger partial charge in [-0.05, 0) is 49.9 Å². The zero-order valence-corrected chi connectivity index (χ0v) is 14.9. The Balaban J connectivity index is 1.76. The Labute approximate surface area is 160 Å². The minimum Gasteiger partial charge on any atom is -0.0955 e. The predicted octanol–water partition coefficient (Wildman–Crippen LogP) is 6.12. The average Bonchev–Trinajstić information content (AvgIpc) is 2.72. The highest BCUT2D eigenvalue weighted by Gasteiger charge is 2.08. The molecule has 0 atom stereocenters. The lowest BCUT2D eigenvalue weighted by Gasteiger charge is -2.13. The molecule has 5 aromatic rings. The fourth-order valence-electron chi connectivity index (χ4n) is 3.92. The van der Waals surface area contributed by atoms with Gasteiger partial charge >= 0.3 is 0 Å². The molecular formula is C26H17B. The van der Waals surface area contributed by atoms with Crippen LogP contribution < -0.4 is 5.46 Å². The van der Waals surface area contributed by atoms with Crippen molar-refractivity contribution in [2.75, 3.05) is 0 Å². The third kappa shape index (κ3) is 2.82. The van der Waals surface area contributed by atoms with E-state index in [1.807, 2.05) is 0 Å². The Morgan fingerprint density at radius 1 is 0.444 bits per heavy atom. The van der Waals surface area contributed by atoms with Crippen molar-refractivity contribution in [3.8, 4) is 22.3 Å².